The van der Waals surface area contributed by atoms with Gasteiger partial charge in [-0.3, -0.25) is 14.3 Å². The van der Waals surface area contributed by atoms with Crippen LogP contribution < -0.4 is 11.2 Å². The smallest absolute Gasteiger partial charge is 0.330 e. The molecule has 1 saturated heterocycles. The quantitative estimate of drug-likeness (QED) is 0.335. The van der Waals surface area contributed by atoms with Crippen molar-refractivity contribution < 1.29 is 14.9 Å². The standard InChI is InChI=1S/C24H39N5O5/c1-2-3-4-5-6-7-8-9-10-11-12-19-16-28(27-26-19)14-18-15-29(24(33)25-23(18)32)22-13-20(31)21(17-30)34-22/h15-16,20-22,30-31H,2-14,17H2,1H3,(H,25,32,33)/t20-,21+,22+/m0/s1. The van der Waals surface area contributed by atoms with Gasteiger partial charge in [0.15, 0.2) is 0 Å². The summed E-state index contributed by atoms with van der Waals surface area (Å²) in [6, 6.07) is 0. The van der Waals surface area contributed by atoms with E-state index >= 15 is 0 Å². The number of hydrogen-bond acceptors (Lipinski definition) is 7. The molecule has 2 aromatic heterocycles. The third-order valence-electron chi connectivity index (χ3n) is 6.44. The molecule has 0 aromatic carbocycles. The molecular weight excluding hydrogens is 438 g/mol. The molecule has 1 aliphatic heterocycles. The molecule has 190 valence electrons. The van der Waals surface area contributed by atoms with Gasteiger partial charge in [-0.2, -0.15) is 0 Å². The van der Waals surface area contributed by atoms with Crippen LogP contribution in [0.5, 0.6) is 0 Å². The van der Waals surface area contributed by atoms with Crippen molar-refractivity contribution in [1.29, 1.82) is 0 Å². The Morgan fingerprint density at radius 3 is 2.38 bits per heavy atom. The number of unbranched alkanes of at least 4 members (excludes halogenated alkanes) is 9. The van der Waals surface area contributed by atoms with Gasteiger partial charge in [0.25, 0.3) is 5.56 Å². The monoisotopic (exact) mass is 477 g/mol. The summed E-state index contributed by atoms with van der Waals surface area (Å²) in [6.45, 7) is 2.06. The number of ether oxygens (including phenoxy) is 1. The normalized spacial score (nSPS) is 20.3. The van der Waals surface area contributed by atoms with Gasteiger partial charge in [0.05, 0.1) is 30.5 Å². The SMILES string of the molecule is CCCCCCCCCCCCc1cn(Cc2cn([C@H]3C[C@H](O)[C@@H](CO)O3)c(=O)[nH]c2=O)nn1. The Hall–Kier alpha value is -2.30. The van der Waals surface area contributed by atoms with Crippen LogP contribution in [0.4, 0.5) is 0 Å². The maximum atomic E-state index is 12.3. The van der Waals surface area contributed by atoms with Gasteiger partial charge < -0.3 is 14.9 Å². The van der Waals surface area contributed by atoms with E-state index in [9.17, 15) is 19.8 Å². The second-order valence-electron chi connectivity index (χ2n) is 9.28. The lowest BCUT2D eigenvalue weighted by Crippen LogP contribution is -2.34. The largest absolute Gasteiger partial charge is 0.394 e. The Labute approximate surface area is 200 Å². The molecule has 10 heteroatoms. The highest BCUT2D eigenvalue weighted by atomic mass is 16.5. The third kappa shape index (κ3) is 7.61. The molecule has 3 heterocycles. The van der Waals surface area contributed by atoms with E-state index in [1.54, 1.807) is 4.68 Å². The molecule has 0 amide bonds. The van der Waals surface area contributed by atoms with E-state index in [0.717, 1.165) is 18.5 Å². The Morgan fingerprint density at radius 2 is 1.74 bits per heavy atom. The molecule has 0 saturated carbocycles. The number of aliphatic hydroxyl groups is 2. The maximum absolute atomic E-state index is 12.3. The number of aliphatic hydroxyl groups excluding tert-OH is 2. The lowest BCUT2D eigenvalue weighted by molar-refractivity contribution is -0.0460. The summed E-state index contributed by atoms with van der Waals surface area (Å²) in [4.78, 5) is 26.9. The lowest BCUT2D eigenvalue weighted by atomic mass is 10.1. The van der Waals surface area contributed by atoms with Crippen molar-refractivity contribution in [2.45, 2.75) is 109 Å². The van der Waals surface area contributed by atoms with Crippen molar-refractivity contribution in [2.24, 2.45) is 0 Å². The number of nitrogens with zero attached hydrogens (tertiary/aromatic N) is 4. The number of nitrogens with one attached hydrogen (secondary N) is 1. The molecule has 1 fully saturated rings. The topological polar surface area (TPSA) is 135 Å². The van der Waals surface area contributed by atoms with E-state index < -0.39 is 29.7 Å². The molecule has 3 rings (SSSR count). The summed E-state index contributed by atoms with van der Waals surface area (Å²) in [6.07, 6.45) is 14.7. The molecule has 2 aromatic rings. The van der Waals surface area contributed by atoms with Gasteiger partial charge in [0.1, 0.15) is 12.3 Å². The van der Waals surface area contributed by atoms with Crippen molar-refractivity contribution >= 4 is 0 Å². The second-order valence-corrected chi connectivity index (χ2v) is 9.28. The zero-order valence-electron chi connectivity index (χ0n) is 20.2. The zero-order chi connectivity index (χ0) is 24.3. The van der Waals surface area contributed by atoms with Crippen LogP contribution in [0.25, 0.3) is 0 Å². The van der Waals surface area contributed by atoms with E-state index in [-0.39, 0.29) is 19.6 Å². The average Bonchev–Trinajstić information content (AvgIpc) is 3.42. The molecule has 0 bridgehead atoms. The number of hydrogen-bond donors (Lipinski definition) is 3. The molecule has 3 atom stereocenters. The number of aryl methyl sites for hydroxylation is 1. The van der Waals surface area contributed by atoms with E-state index in [1.807, 2.05) is 6.20 Å². The van der Waals surface area contributed by atoms with Crippen LogP contribution in [-0.2, 0) is 17.7 Å². The van der Waals surface area contributed by atoms with Crippen molar-refractivity contribution in [3.63, 3.8) is 0 Å². The average molecular weight is 478 g/mol. The molecule has 0 spiro atoms. The van der Waals surface area contributed by atoms with Gasteiger partial charge in [0, 0.05) is 18.8 Å². The van der Waals surface area contributed by atoms with Gasteiger partial charge in [-0.25, -0.2) is 9.48 Å². The highest BCUT2D eigenvalue weighted by molar-refractivity contribution is 5.07. The second kappa shape index (κ2) is 13.6. The van der Waals surface area contributed by atoms with E-state index in [0.29, 0.717) is 5.56 Å². The van der Waals surface area contributed by atoms with Crippen molar-refractivity contribution in [3.05, 3.63) is 44.5 Å². The van der Waals surface area contributed by atoms with Gasteiger partial charge in [0.2, 0.25) is 0 Å². The number of H-pyrrole nitrogens is 1. The summed E-state index contributed by atoms with van der Waals surface area (Å²) in [5, 5.41) is 27.6. The van der Waals surface area contributed by atoms with E-state index in [1.165, 1.54) is 68.6 Å². The first kappa shape index (κ1) is 26.3. The van der Waals surface area contributed by atoms with Crippen LogP contribution in [0.2, 0.25) is 0 Å². The van der Waals surface area contributed by atoms with Crippen LogP contribution in [0.1, 0.15) is 95.0 Å². The first-order chi connectivity index (χ1) is 16.5. The minimum atomic E-state index is -0.874. The predicted molar refractivity (Wildman–Crippen MR) is 128 cm³/mol. The van der Waals surface area contributed by atoms with Crippen LogP contribution in [0.3, 0.4) is 0 Å². The molecule has 3 N–H and O–H groups in total. The van der Waals surface area contributed by atoms with Crippen LogP contribution in [-0.4, -0.2) is 53.6 Å². The predicted octanol–water partition coefficient (Wildman–Crippen LogP) is 2.28. The zero-order valence-corrected chi connectivity index (χ0v) is 20.2. The minimum absolute atomic E-state index is 0.156. The fraction of sp³-hybridized carbons (Fsp3) is 0.750. The fourth-order valence-corrected chi connectivity index (χ4v) is 4.40. The molecule has 0 aliphatic carbocycles. The molecule has 10 nitrogen and oxygen atoms in total. The first-order valence-corrected chi connectivity index (χ1v) is 12.7. The van der Waals surface area contributed by atoms with Crippen molar-refractivity contribution in [1.82, 2.24) is 24.5 Å². The Kier molecular flexibility index (Phi) is 10.5. The van der Waals surface area contributed by atoms with Crippen LogP contribution >= 0.6 is 0 Å². The number of aromatic amines is 1. The highest BCUT2D eigenvalue weighted by Gasteiger charge is 2.35. The molecule has 34 heavy (non-hydrogen) atoms. The Morgan fingerprint density at radius 1 is 1.06 bits per heavy atom. The molecule has 0 unspecified atom stereocenters. The van der Waals surface area contributed by atoms with Crippen molar-refractivity contribution in [2.75, 3.05) is 6.61 Å². The van der Waals surface area contributed by atoms with Gasteiger partial charge in [-0.15, -0.1) is 5.10 Å². The van der Waals surface area contributed by atoms with Gasteiger partial charge in [-0.05, 0) is 12.8 Å². The van der Waals surface area contributed by atoms with E-state index in [2.05, 4.69) is 22.2 Å². The van der Waals surface area contributed by atoms with Gasteiger partial charge in [-0.1, -0.05) is 69.9 Å². The molecule has 0 radical (unpaired) electrons. The number of aromatic nitrogens is 5. The molecule has 1 aliphatic rings. The fourth-order valence-electron chi connectivity index (χ4n) is 4.40. The number of rotatable bonds is 15. The summed E-state index contributed by atoms with van der Waals surface area (Å²) >= 11 is 0. The minimum Gasteiger partial charge on any atom is -0.394 e. The Balaban J connectivity index is 1.46. The summed E-state index contributed by atoms with van der Waals surface area (Å²) in [5.41, 5.74) is 0.105. The van der Waals surface area contributed by atoms with Crippen LogP contribution in [0, 0.1) is 0 Å². The summed E-state index contributed by atoms with van der Waals surface area (Å²) < 4.78 is 8.38. The van der Waals surface area contributed by atoms with Crippen molar-refractivity contribution in [3.8, 4) is 0 Å². The Bertz CT molecular complexity index is 985. The third-order valence-corrected chi connectivity index (χ3v) is 6.44. The van der Waals surface area contributed by atoms with Gasteiger partial charge >= 0.3 is 5.69 Å². The lowest BCUT2D eigenvalue weighted by Gasteiger charge is -2.15. The summed E-state index contributed by atoms with van der Waals surface area (Å²) in [5.74, 6) is 0. The van der Waals surface area contributed by atoms with Crippen LogP contribution in [0.15, 0.2) is 22.0 Å². The summed E-state index contributed by atoms with van der Waals surface area (Å²) in [7, 11) is 0. The maximum Gasteiger partial charge on any atom is 0.330 e. The first-order valence-electron chi connectivity index (χ1n) is 12.7. The molecular formula is C24H39N5O5. The van der Waals surface area contributed by atoms with E-state index in [4.69, 9.17) is 4.74 Å². The highest BCUT2D eigenvalue weighted by Crippen LogP contribution is 2.27.